The maximum absolute atomic E-state index is 12.6. The Kier molecular flexibility index (Phi) is 5.72. The van der Waals surface area contributed by atoms with E-state index >= 15 is 0 Å². The molecule has 30 heavy (non-hydrogen) atoms. The number of fused-ring (bicyclic) bond motifs is 1. The van der Waals surface area contributed by atoms with E-state index in [9.17, 15) is 13.5 Å². The molecule has 0 aliphatic heterocycles. The van der Waals surface area contributed by atoms with Gasteiger partial charge in [-0.15, -0.1) is 0 Å². The number of hydrogen-bond acceptors (Lipinski definition) is 4. The van der Waals surface area contributed by atoms with E-state index in [0.29, 0.717) is 0 Å². The van der Waals surface area contributed by atoms with Crippen molar-refractivity contribution in [3.8, 4) is 0 Å². The molecular formula is C24H23NO4S. The summed E-state index contributed by atoms with van der Waals surface area (Å²) in [5, 5.41) is 12.1. The minimum absolute atomic E-state index is 0.0722. The lowest BCUT2D eigenvalue weighted by Gasteiger charge is -2.26. The summed E-state index contributed by atoms with van der Waals surface area (Å²) in [6.07, 6.45) is 0.823. The summed E-state index contributed by atoms with van der Waals surface area (Å²) >= 11 is 0. The van der Waals surface area contributed by atoms with Crippen molar-refractivity contribution >= 4 is 21.0 Å². The molecule has 0 amide bonds. The van der Waals surface area contributed by atoms with Crippen LogP contribution in [0.5, 0.6) is 0 Å². The molecule has 0 aliphatic carbocycles. The fourth-order valence-electron chi connectivity index (χ4n) is 3.59. The Morgan fingerprint density at radius 2 is 1.57 bits per heavy atom. The highest BCUT2D eigenvalue weighted by atomic mass is 32.2. The molecule has 154 valence electrons. The SMILES string of the molecule is Cc1ccc(S(=O)(=O)OC[C@H](O)[C@@H](c2ccccc2)n2ccc3ccccc32)cc1. The van der Waals surface area contributed by atoms with Crippen LogP contribution in [0.4, 0.5) is 0 Å². The van der Waals surface area contributed by atoms with Crippen LogP contribution in [-0.2, 0) is 14.3 Å². The summed E-state index contributed by atoms with van der Waals surface area (Å²) in [5.41, 5.74) is 2.77. The highest BCUT2D eigenvalue weighted by Crippen LogP contribution is 2.28. The number of aliphatic hydroxyl groups excluding tert-OH is 1. The second-order valence-electron chi connectivity index (χ2n) is 7.26. The monoisotopic (exact) mass is 421 g/mol. The Labute approximate surface area is 176 Å². The molecule has 4 rings (SSSR count). The van der Waals surface area contributed by atoms with Crippen molar-refractivity contribution in [2.45, 2.75) is 24.0 Å². The Bertz CT molecular complexity index is 1230. The van der Waals surface area contributed by atoms with E-state index in [1.165, 1.54) is 12.1 Å². The van der Waals surface area contributed by atoms with Crippen LogP contribution in [0.25, 0.3) is 10.9 Å². The van der Waals surface area contributed by atoms with Gasteiger partial charge in [0.05, 0.1) is 17.5 Å². The van der Waals surface area contributed by atoms with Gasteiger partial charge in [0.1, 0.15) is 6.10 Å². The molecule has 1 aromatic heterocycles. The van der Waals surface area contributed by atoms with Crippen molar-refractivity contribution in [3.63, 3.8) is 0 Å². The number of hydrogen-bond donors (Lipinski definition) is 1. The molecule has 2 atom stereocenters. The van der Waals surface area contributed by atoms with Crippen LogP contribution in [-0.4, -0.2) is 30.8 Å². The first-order chi connectivity index (χ1) is 14.5. The van der Waals surface area contributed by atoms with Crippen molar-refractivity contribution in [3.05, 3.63) is 102 Å². The zero-order valence-corrected chi connectivity index (χ0v) is 17.4. The third-order valence-corrected chi connectivity index (χ3v) is 6.43. The molecule has 0 saturated carbocycles. The molecule has 0 fully saturated rings. The summed E-state index contributed by atoms with van der Waals surface area (Å²) in [6, 6.07) is 25.3. The van der Waals surface area contributed by atoms with Gasteiger partial charge in [-0.3, -0.25) is 4.18 Å². The number of aromatic nitrogens is 1. The second kappa shape index (κ2) is 8.44. The number of para-hydroxylation sites is 1. The van der Waals surface area contributed by atoms with E-state index in [-0.39, 0.29) is 11.5 Å². The molecule has 0 bridgehead atoms. The normalized spacial score (nSPS) is 13.9. The van der Waals surface area contributed by atoms with Gasteiger partial charge in [-0.1, -0.05) is 66.2 Å². The Hall–Kier alpha value is -2.93. The van der Waals surface area contributed by atoms with Gasteiger partial charge >= 0.3 is 0 Å². The molecule has 0 radical (unpaired) electrons. The zero-order chi connectivity index (χ0) is 21.1. The van der Waals surface area contributed by atoms with Crippen molar-refractivity contribution in [2.24, 2.45) is 0 Å². The van der Waals surface area contributed by atoms with Crippen LogP contribution in [0.3, 0.4) is 0 Å². The first-order valence-corrected chi connectivity index (χ1v) is 11.1. The van der Waals surface area contributed by atoms with E-state index in [1.807, 2.05) is 78.4 Å². The summed E-state index contributed by atoms with van der Waals surface area (Å²) < 4.78 is 32.3. The molecule has 6 heteroatoms. The molecule has 0 aliphatic rings. The number of benzene rings is 3. The van der Waals surface area contributed by atoms with Crippen LogP contribution in [0.15, 0.2) is 96.0 Å². The van der Waals surface area contributed by atoms with E-state index < -0.39 is 22.3 Å². The molecule has 1 N–H and O–H groups in total. The predicted molar refractivity (Wildman–Crippen MR) is 117 cm³/mol. The van der Waals surface area contributed by atoms with Gasteiger partial charge < -0.3 is 9.67 Å². The number of rotatable bonds is 7. The van der Waals surface area contributed by atoms with Gasteiger partial charge in [-0.05, 0) is 42.1 Å². The maximum atomic E-state index is 12.6. The van der Waals surface area contributed by atoms with Crippen molar-refractivity contribution < 1.29 is 17.7 Å². The van der Waals surface area contributed by atoms with Crippen molar-refractivity contribution in [1.82, 2.24) is 4.57 Å². The molecular weight excluding hydrogens is 398 g/mol. The fourth-order valence-corrected chi connectivity index (χ4v) is 4.51. The fraction of sp³-hybridized carbons (Fsp3) is 0.167. The van der Waals surface area contributed by atoms with Crippen molar-refractivity contribution in [2.75, 3.05) is 6.61 Å². The Morgan fingerprint density at radius 1 is 0.900 bits per heavy atom. The van der Waals surface area contributed by atoms with Crippen LogP contribution in [0.2, 0.25) is 0 Å². The minimum atomic E-state index is -3.97. The number of aliphatic hydroxyl groups is 1. The lowest BCUT2D eigenvalue weighted by molar-refractivity contribution is 0.0785. The molecule has 0 spiro atoms. The van der Waals surface area contributed by atoms with Gasteiger partial charge in [0.2, 0.25) is 0 Å². The summed E-state index contributed by atoms with van der Waals surface area (Å²) in [6.45, 7) is 1.52. The van der Waals surface area contributed by atoms with Crippen LogP contribution < -0.4 is 0 Å². The molecule has 1 heterocycles. The second-order valence-corrected chi connectivity index (χ2v) is 8.87. The predicted octanol–water partition coefficient (Wildman–Crippen LogP) is 4.31. The molecule has 0 saturated heterocycles. The minimum Gasteiger partial charge on any atom is -0.388 e. The lowest BCUT2D eigenvalue weighted by atomic mass is 10.0. The van der Waals surface area contributed by atoms with Crippen LogP contribution in [0, 0.1) is 6.92 Å². The maximum Gasteiger partial charge on any atom is 0.297 e. The van der Waals surface area contributed by atoms with Gasteiger partial charge in [0.15, 0.2) is 0 Å². The van der Waals surface area contributed by atoms with Gasteiger partial charge in [-0.25, -0.2) is 0 Å². The Morgan fingerprint density at radius 3 is 2.30 bits per heavy atom. The quantitative estimate of drug-likeness (QED) is 0.452. The third kappa shape index (κ3) is 4.16. The highest BCUT2D eigenvalue weighted by molar-refractivity contribution is 7.86. The summed E-state index contributed by atoms with van der Waals surface area (Å²) in [4.78, 5) is 0.0722. The summed E-state index contributed by atoms with van der Waals surface area (Å²) in [5.74, 6) is 0. The number of aryl methyl sites for hydroxylation is 1. The van der Waals surface area contributed by atoms with Crippen LogP contribution >= 0.6 is 0 Å². The molecule has 0 unspecified atom stereocenters. The smallest absolute Gasteiger partial charge is 0.297 e. The van der Waals surface area contributed by atoms with E-state index in [4.69, 9.17) is 4.18 Å². The zero-order valence-electron chi connectivity index (χ0n) is 16.5. The topological polar surface area (TPSA) is 68.5 Å². The van der Waals surface area contributed by atoms with E-state index in [2.05, 4.69) is 0 Å². The first kappa shape index (κ1) is 20.3. The average molecular weight is 422 g/mol. The molecule has 5 nitrogen and oxygen atoms in total. The number of nitrogens with zero attached hydrogens (tertiary/aromatic N) is 1. The summed E-state index contributed by atoms with van der Waals surface area (Å²) in [7, 11) is -3.97. The molecule has 4 aromatic rings. The molecule has 3 aromatic carbocycles. The Balaban J connectivity index is 1.64. The van der Waals surface area contributed by atoms with Crippen molar-refractivity contribution in [1.29, 1.82) is 0 Å². The van der Waals surface area contributed by atoms with Gasteiger partial charge in [0, 0.05) is 11.7 Å². The van der Waals surface area contributed by atoms with E-state index in [0.717, 1.165) is 22.0 Å². The third-order valence-electron chi connectivity index (χ3n) is 5.14. The highest BCUT2D eigenvalue weighted by Gasteiger charge is 2.27. The average Bonchev–Trinajstić information content (AvgIpc) is 3.18. The first-order valence-electron chi connectivity index (χ1n) is 9.70. The van der Waals surface area contributed by atoms with Crippen LogP contribution in [0.1, 0.15) is 17.2 Å². The largest absolute Gasteiger partial charge is 0.388 e. The lowest BCUT2D eigenvalue weighted by Crippen LogP contribution is -2.30. The van der Waals surface area contributed by atoms with E-state index in [1.54, 1.807) is 12.1 Å². The standard InChI is InChI=1S/C24H23NO4S/c1-18-11-13-21(14-12-18)30(27,28)29-17-23(26)24(20-8-3-2-4-9-20)25-16-15-19-7-5-6-10-22(19)25/h2-16,23-24,26H,17H2,1H3/t23-,24+/m0/s1. The van der Waals surface area contributed by atoms with Gasteiger partial charge in [-0.2, -0.15) is 8.42 Å². The van der Waals surface area contributed by atoms with Gasteiger partial charge in [0.25, 0.3) is 10.1 Å².